The van der Waals surface area contributed by atoms with Crippen molar-refractivity contribution in [2.24, 2.45) is 5.92 Å². The van der Waals surface area contributed by atoms with Crippen molar-refractivity contribution >= 4 is 37.5 Å². The van der Waals surface area contributed by atoms with E-state index in [0.717, 1.165) is 22.0 Å². The largest absolute Gasteiger partial charge is 0.326 e. The number of nitrogens with one attached hydrogen (secondary N) is 2. The van der Waals surface area contributed by atoms with Gasteiger partial charge in [0.15, 0.2) is 0 Å². The molecular weight excluding hydrogens is 466 g/mol. The van der Waals surface area contributed by atoms with E-state index in [-0.39, 0.29) is 29.2 Å². The van der Waals surface area contributed by atoms with Gasteiger partial charge in [-0.2, -0.15) is 0 Å². The molecule has 1 saturated carbocycles. The summed E-state index contributed by atoms with van der Waals surface area (Å²) in [5.41, 5.74) is 2.54. The summed E-state index contributed by atoms with van der Waals surface area (Å²) in [6.45, 7) is 0.193. The third-order valence-corrected chi connectivity index (χ3v) is 6.96. The molecule has 1 aliphatic carbocycles. The first-order valence-corrected chi connectivity index (χ1v) is 11.7. The van der Waals surface area contributed by atoms with Gasteiger partial charge in [0.25, 0.3) is 0 Å². The molecule has 2 unspecified atom stereocenters. The number of halogens is 1. The number of anilines is 1. The number of nitrogens with zero attached hydrogens (tertiary/aromatic N) is 1. The fraction of sp³-hybridized carbons (Fsp3) is 0.182. The molecule has 6 nitrogen and oxygen atoms in total. The van der Waals surface area contributed by atoms with Crippen molar-refractivity contribution in [3.8, 4) is 0 Å². The second-order valence-electron chi connectivity index (χ2n) is 7.20. The van der Waals surface area contributed by atoms with Gasteiger partial charge in [0.1, 0.15) is 0 Å². The van der Waals surface area contributed by atoms with Gasteiger partial charge >= 0.3 is 0 Å². The average Bonchev–Trinajstić information content (AvgIpc) is 3.55. The smallest absolute Gasteiger partial charge is 0.240 e. The molecule has 1 heterocycles. The monoisotopic (exact) mass is 485 g/mol. The Kier molecular flexibility index (Phi) is 5.99. The van der Waals surface area contributed by atoms with Gasteiger partial charge in [-0.3, -0.25) is 9.78 Å². The molecule has 0 radical (unpaired) electrons. The van der Waals surface area contributed by atoms with Crippen molar-refractivity contribution in [2.75, 3.05) is 5.32 Å². The normalized spacial score (nSPS) is 18.0. The summed E-state index contributed by atoms with van der Waals surface area (Å²) in [6.07, 6.45) is 4.26. The molecular formula is C22H20BrN3O3S. The fourth-order valence-electron chi connectivity index (χ4n) is 3.32. The molecule has 4 rings (SSSR count). The van der Waals surface area contributed by atoms with E-state index in [2.05, 4.69) is 31.0 Å². The Labute approximate surface area is 183 Å². The van der Waals surface area contributed by atoms with Gasteiger partial charge in [-0.25, -0.2) is 13.1 Å². The molecule has 1 fully saturated rings. The molecule has 154 valence electrons. The van der Waals surface area contributed by atoms with Crippen LogP contribution in [0, 0.1) is 5.92 Å². The maximum atomic E-state index is 12.5. The number of carbonyl (C=O) groups excluding carboxylic acids is 1. The topological polar surface area (TPSA) is 88.2 Å². The molecule has 8 heteroatoms. The molecule has 1 aromatic heterocycles. The molecule has 1 amide bonds. The molecule has 2 aromatic carbocycles. The van der Waals surface area contributed by atoms with Crippen LogP contribution in [0.5, 0.6) is 0 Å². The maximum Gasteiger partial charge on any atom is 0.240 e. The lowest BCUT2D eigenvalue weighted by Crippen LogP contribution is -2.23. The van der Waals surface area contributed by atoms with Crippen LogP contribution in [-0.4, -0.2) is 19.3 Å². The first-order valence-electron chi connectivity index (χ1n) is 9.47. The predicted molar refractivity (Wildman–Crippen MR) is 118 cm³/mol. The number of hydrogen-bond donors (Lipinski definition) is 2. The van der Waals surface area contributed by atoms with Crippen LogP contribution in [0.2, 0.25) is 0 Å². The molecule has 3 aromatic rings. The first kappa shape index (κ1) is 20.7. The number of pyridine rings is 1. The minimum Gasteiger partial charge on any atom is -0.326 e. The lowest BCUT2D eigenvalue weighted by molar-refractivity contribution is -0.117. The van der Waals surface area contributed by atoms with Gasteiger partial charge in [-0.1, -0.05) is 28.1 Å². The lowest BCUT2D eigenvalue weighted by Gasteiger charge is -2.09. The van der Waals surface area contributed by atoms with Crippen molar-refractivity contribution in [1.29, 1.82) is 0 Å². The average molecular weight is 486 g/mol. The molecule has 0 bridgehead atoms. The standard InChI is InChI=1S/C22H20BrN3O3S/c23-17-3-1-2-15(12-17)14-25-30(28,29)19-6-4-18(5-7-19)26-22(27)21-13-20(21)16-8-10-24-11-9-16/h1-12,20-21,25H,13-14H2,(H,26,27). The van der Waals surface area contributed by atoms with Crippen LogP contribution in [0.3, 0.4) is 0 Å². The van der Waals surface area contributed by atoms with Crippen LogP contribution in [-0.2, 0) is 21.4 Å². The predicted octanol–water partition coefficient (Wildman–Crippen LogP) is 4.06. The Hall–Kier alpha value is -2.55. The van der Waals surface area contributed by atoms with E-state index < -0.39 is 10.0 Å². The second-order valence-corrected chi connectivity index (χ2v) is 9.88. The van der Waals surface area contributed by atoms with Crippen molar-refractivity contribution < 1.29 is 13.2 Å². The molecule has 30 heavy (non-hydrogen) atoms. The molecule has 1 aliphatic rings. The highest BCUT2D eigenvalue weighted by molar-refractivity contribution is 9.10. The van der Waals surface area contributed by atoms with Gasteiger partial charge in [0.2, 0.25) is 15.9 Å². The van der Waals surface area contributed by atoms with Gasteiger partial charge < -0.3 is 5.32 Å². The van der Waals surface area contributed by atoms with Crippen LogP contribution in [0.25, 0.3) is 0 Å². The lowest BCUT2D eigenvalue weighted by atomic mass is 10.1. The SMILES string of the molecule is O=C(Nc1ccc(S(=O)(=O)NCc2cccc(Br)c2)cc1)C1CC1c1ccncc1. The van der Waals surface area contributed by atoms with Crippen molar-refractivity contribution in [1.82, 2.24) is 9.71 Å². The summed E-state index contributed by atoms with van der Waals surface area (Å²) in [4.78, 5) is 16.6. The molecule has 0 aliphatic heterocycles. The van der Waals surface area contributed by atoms with E-state index >= 15 is 0 Å². The van der Waals surface area contributed by atoms with Crippen LogP contribution in [0.15, 0.2) is 82.4 Å². The van der Waals surface area contributed by atoms with Crippen LogP contribution < -0.4 is 10.0 Å². The molecule has 2 N–H and O–H groups in total. The molecule has 0 spiro atoms. The summed E-state index contributed by atoms with van der Waals surface area (Å²) in [7, 11) is -3.65. The summed E-state index contributed by atoms with van der Waals surface area (Å²) < 4.78 is 28.5. The van der Waals surface area contributed by atoms with E-state index in [9.17, 15) is 13.2 Å². The Morgan fingerprint density at radius 1 is 1.07 bits per heavy atom. The van der Waals surface area contributed by atoms with E-state index in [1.165, 1.54) is 12.1 Å². The van der Waals surface area contributed by atoms with Crippen LogP contribution in [0.4, 0.5) is 5.69 Å². The zero-order valence-electron chi connectivity index (χ0n) is 16.0. The summed E-state index contributed by atoms with van der Waals surface area (Å²) in [5.74, 6) is 0.0951. The first-order chi connectivity index (χ1) is 14.4. The highest BCUT2D eigenvalue weighted by Crippen LogP contribution is 2.47. The Morgan fingerprint density at radius 3 is 2.50 bits per heavy atom. The number of amides is 1. The number of hydrogen-bond acceptors (Lipinski definition) is 4. The minimum atomic E-state index is -3.65. The van der Waals surface area contributed by atoms with Crippen molar-refractivity contribution in [3.05, 3.63) is 88.7 Å². The van der Waals surface area contributed by atoms with Crippen molar-refractivity contribution in [2.45, 2.75) is 23.8 Å². The summed E-state index contributed by atoms with van der Waals surface area (Å²) in [5, 5.41) is 2.87. The minimum absolute atomic E-state index is 0.0554. The van der Waals surface area contributed by atoms with Crippen LogP contribution in [0.1, 0.15) is 23.5 Å². The number of carbonyl (C=O) groups is 1. The van der Waals surface area contributed by atoms with Gasteiger partial charge in [-0.15, -0.1) is 0 Å². The molecule has 0 saturated heterocycles. The second kappa shape index (κ2) is 8.67. The fourth-order valence-corrected chi connectivity index (χ4v) is 4.79. The highest BCUT2D eigenvalue weighted by atomic mass is 79.9. The third-order valence-electron chi connectivity index (χ3n) is 5.05. The molecule has 2 atom stereocenters. The van der Waals surface area contributed by atoms with E-state index in [1.54, 1.807) is 24.5 Å². The summed E-state index contributed by atoms with van der Waals surface area (Å²) >= 11 is 3.37. The summed E-state index contributed by atoms with van der Waals surface area (Å²) in [6, 6.07) is 17.5. The Balaban J connectivity index is 1.35. The Morgan fingerprint density at radius 2 is 1.80 bits per heavy atom. The van der Waals surface area contributed by atoms with E-state index in [4.69, 9.17) is 0 Å². The highest BCUT2D eigenvalue weighted by Gasteiger charge is 2.43. The van der Waals surface area contributed by atoms with Gasteiger partial charge in [0.05, 0.1) is 4.90 Å². The van der Waals surface area contributed by atoms with Gasteiger partial charge in [0, 0.05) is 35.0 Å². The van der Waals surface area contributed by atoms with Crippen LogP contribution >= 0.6 is 15.9 Å². The number of sulfonamides is 1. The zero-order valence-corrected chi connectivity index (χ0v) is 18.4. The Bertz CT molecular complexity index is 1150. The number of benzene rings is 2. The van der Waals surface area contributed by atoms with Crippen molar-refractivity contribution in [3.63, 3.8) is 0 Å². The van der Waals surface area contributed by atoms with Gasteiger partial charge in [-0.05, 0) is 72.0 Å². The van der Waals surface area contributed by atoms with E-state index in [1.807, 2.05) is 36.4 Å². The quantitative estimate of drug-likeness (QED) is 0.527. The third kappa shape index (κ3) is 4.95. The van der Waals surface area contributed by atoms with E-state index in [0.29, 0.717) is 5.69 Å². The number of aromatic nitrogens is 1. The zero-order chi connectivity index (χ0) is 21.1. The maximum absolute atomic E-state index is 12.5. The number of rotatable bonds is 7.